The fourth-order valence-corrected chi connectivity index (χ4v) is 2.93. The van der Waals surface area contributed by atoms with Crippen molar-refractivity contribution in [2.75, 3.05) is 12.4 Å². The van der Waals surface area contributed by atoms with Crippen molar-refractivity contribution in [3.05, 3.63) is 35.6 Å². The van der Waals surface area contributed by atoms with E-state index in [9.17, 15) is 17.2 Å². The van der Waals surface area contributed by atoms with E-state index in [1.807, 2.05) is 0 Å². The van der Waals surface area contributed by atoms with Gasteiger partial charge in [-0.2, -0.15) is 0 Å². The summed E-state index contributed by atoms with van der Waals surface area (Å²) < 4.78 is 50.1. The minimum absolute atomic E-state index is 0.00139. The van der Waals surface area contributed by atoms with Crippen LogP contribution in [0.4, 0.5) is 8.78 Å². The fraction of sp³-hybridized carbons (Fsp3) is 0.500. The molecule has 0 aliphatic carbocycles. The molecule has 0 aliphatic heterocycles. The molecule has 0 unspecified atom stereocenters. The van der Waals surface area contributed by atoms with Crippen LogP contribution in [-0.2, 0) is 16.4 Å². The quantitative estimate of drug-likeness (QED) is 0.829. The topological polar surface area (TPSA) is 46.2 Å². The second kappa shape index (κ2) is 6.80. The highest BCUT2D eigenvalue weighted by Gasteiger charge is 2.14. The summed E-state index contributed by atoms with van der Waals surface area (Å²) >= 11 is 0. The highest BCUT2D eigenvalue weighted by atomic mass is 32.2. The summed E-state index contributed by atoms with van der Waals surface area (Å²) in [5.74, 6) is -0.535. The molecule has 0 amide bonds. The van der Waals surface area contributed by atoms with E-state index in [-0.39, 0.29) is 24.0 Å². The summed E-state index contributed by atoms with van der Waals surface area (Å²) in [4.78, 5) is 0. The van der Waals surface area contributed by atoms with Crippen LogP contribution in [-0.4, -0.2) is 26.9 Å². The molecule has 0 aromatic heterocycles. The molecule has 0 saturated carbocycles. The molecule has 1 aromatic rings. The molecule has 0 fully saturated rings. The number of benzene rings is 1. The Bertz CT molecular complexity index is 459. The van der Waals surface area contributed by atoms with Gasteiger partial charge in [0.2, 0.25) is 10.0 Å². The van der Waals surface area contributed by atoms with Crippen molar-refractivity contribution in [1.29, 1.82) is 0 Å². The maximum atomic E-state index is 12.7. The minimum Gasteiger partial charge on any atom is -0.251 e. The Balaban J connectivity index is 2.51. The van der Waals surface area contributed by atoms with E-state index in [1.54, 1.807) is 19.1 Å². The van der Waals surface area contributed by atoms with Gasteiger partial charge in [0, 0.05) is 6.04 Å². The molecule has 0 radical (unpaired) electrons. The van der Waals surface area contributed by atoms with Crippen LogP contribution in [0.1, 0.15) is 18.9 Å². The molecule has 102 valence electrons. The number of hydrogen-bond acceptors (Lipinski definition) is 2. The Hall–Kier alpha value is -1.01. The molecule has 0 heterocycles. The van der Waals surface area contributed by atoms with E-state index in [0.717, 1.165) is 5.56 Å². The monoisotopic (exact) mass is 277 g/mol. The minimum atomic E-state index is -3.44. The van der Waals surface area contributed by atoms with Crippen molar-refractivity contribution in [3.63, 3.8) is 0 Å². The molecule has 1 rings (SSSR count). The van der Waals surface area contributed by atoms with Gasteiger partial charge in [-0.1, -0.05) is 12.1 Å². The van der Waals surface area contributed by atoms with Gasteiger partial charge in [0.05, 0.1) is 12.4 Å². The lowest BCUT2D eigenvalue weighted by Gasteiger charge is -2.14. The van der Waals surface area contributed by atoms with Gasteiger partial charge in [-0.3, -0.25) is 4.39 Å². The lowest BCUT2D eigenvalue weighted by molar-refractivity contribution is 0.481. The van der Waals surface area contributed by atoms with Gasteiger partial charge >= 0.3 is 0 Å². The van der Waals surface area contributed by atoms with Crippen LogP contribution in [0.3, 0.4) is 0 Å². The first kappa shape index (κ1) is 15.0. The average Bonchev–Trinajstić information content (AvgIpc) is 2.29. The summed E-state index contributed by atoms with van der Waals surface area (Å²) in [5.41, 5.74) is 0.845. The lowest BCUT2D eigenvalue weighted by Crippen LogP contribution is -2.35. The van der Waals surface area contributed by atoms with Crippen molar-refractivity contribution in [2.24, 2.45) is 0 Å². The van der Waals surface area contributed by atoms with E-state index in [2.05, 4.69) is 4.72 Å². The Morgan fingerprint density at radius 2 is 1.89 bits per heavy atom. The Labute approximate surface area is 106 Å². The fourth-order valence-electron chi connectivity index (χ4n) is 1.63. The zero-order valence-corrected chi connectivity index (χ0v) is 11.0. The number of nitrogens with one attached hydrogen (secondary N) is 1. The zero-order chi connectivity index (χ0) is 13.6. The maximum Gasteiger partial charge on any atom is 0.211 e. The van der Waals surface area contributed by atoms with Crippen molar-refractivity contribution in [1.82, 2.24) is 4.72 Å². The summed E-state index contributed by atoms with van der Waals surface area (Å²) in [5, 5.41) is 0. The Morgan fingerprint density at radius 1 is 1.28 bits per heavy atom. The van der Waals surface area contributed by atoms with Crippen molar-refractivity contribution in [3.8, 4) is 0 Å². The van der Waals surface area contributed by atoms with Gasteiger partial charge in [0.25, 0.3) is 0 Å². The summed E-state index contributed by atoms with van der Waals surface area (Å²) in [6.45, 7) is 1.07. The summed E-state index contributed by atoms with van der Waals surface area (Å²) in [6.07, 6.45) is 0.466. The molecule has 0 bridgehead atoms. The first-order valence-corrected chi connectivity index (χ1v) is 7.38. The van der Waals surface area contributed by atoms with E-state index in [0.29, 0.717) is 6.42 Å². The SMILES string of the molecule is C[C@@H](Cc1ccc(F)cc1)NS(=O)(=O)CCCF. The van der Waals surface area contributed by atoms with Crippen LogP contribution >= 0.6 is 0 Å². The predicted molar refractivity (Wildman–Crippen MR) is 67.1 cm³/mol. The van der Waals surface area contributed by atoms with Gasteiger partial charge in [0.1, 0.15) is 5.82 Å². The zero-order valence-electron chi connectivity index (χ0n) is 10.2. The highest BCUT2D eigenvalue weighted by molar-refractivity contribution is 7.89. The van der Waals surface area contributed by atoms with Crippen LogP contribution in [0.15, 0.2) is 24.3 Å². The van der Waals surface area contributed by atoms with Gasteiger partial charge in [0.15, 0.2) is 0 Å². The van der Waals surface area contributed by atoms with Crippen LogP contribution in [0.5, 0.6) is 0 Å². The third-order valence-corrected chi connectivity index (χ3v) is 3.97. The summed E-state index contributed by atoms with van der Waals surface area (Å²) in [6, 6.07) is 5.59. The van der Waals surface area contributed by atoms with Crippen LogP contribution in [0.2, 0.25) is 0 Å². The summed E-state index contributed by atoms with van der Waals surface area (Å²) in [7, 11) is -3.44. The lowest BCUT2D eigenvalue weighted by atomic mass is 10.1. The van der Waals surface area contributed by atoms with E-state index in [4.69, 9.17) is 0 Å². The third-order valence-electron chi connectivity index (χ3n) is 2.38. The van der Waals surface area contributed by atoms with Gasteiger partial charge in [-0.15, -0.1) is 0 Å². The molecule has 1 aromatic carbocycles. The molecule has 0 saturated heterocycles. The smallest absolute Gasteiger partial charge is 0.211 e. The van der Waals surface area contributed by atoms with Gasteiger partial charge in [-0.25, -0.2) is 17.5 Å². The number of sulfonamides is 1. The standard InChI is InChI=1S/C12H17F2NO2S/c1-10(15-18(16,17)8-2-7-13)9-11-3-5-12(14)6-4-11/h3-6,10,15H,2,7-9H2,1H3/t10-/m0/s1. The third kappa shape index (κ3) is 5.55. The molecule has 6 heteroatoms. The predicted octanol–water partition coefficient (Wildman–Crippen LogP) is 2.04. The first-order valence-electron chi connectivity index (χ1n) is 5.73. The largest absolute Gasteiger partial charge is 0.251 e. The normalized spacial score (nSPS) is 13.5. The van der Waals surface area contributed by atoms with Crippen molar-refractivity contribution < 1.29 is 17.2 Å². The maximum absolute atomic E-state index is 12.7. The number of halogens is 2. The molecule has 3 nitrogen and oxygen atoms in total. The average molecular weight is 277 g/mol. The van der Waals surface area contributed by atoms with Crippen molar-refractivity contribution >= 4 is 10.0 Å². The van der Waals surface area contributed by atoms with Crippen LogP contribution in [0, 0.1) is 5.82 Å². The second-order valence-corrected chi connectivity index (χ2v) is 6.08. The number of rotatable bonds is 7. The molecular formula is C12H17F2NO2S. The second-order valence-electron chi connectivity index (χ2n) is 4.21. The van der Waals surface area contributed by atoms with E-state index in [1.165, 1.54) is 12.1 Å². The molecule has 0 spiro atoms. The van der Waals surface area contributed by atoms with Gasteiger partial charge < -0.3 is 0 Å². The number of alkyl halides is 1. The molecule has 0 aliphatic rings. The first-order chi connectivity index (χ1) is 8.43. The molecule has 1 N–H and O–H groups in total. The molecule has 18 heavy (non-hydrogen) atoms. The van der Waals surface area contributed by atoms with Crippen molar-refractivity contribution in [2.45, 2.75) is 25.8 Å². The van der Waals surface area contributed by atoms with E-state index < -0.39 is 16.7 Å². The Kier molecular flexibility index (Phi) is 5.68. The van der Waals surface area contributed by atoms with E-state index >= 15 is 0 Å². The molecular weight excluding hydrogens is 260 g/mol. The van der Waals surface area contributed by atoms with Crippen LogP contribution < -0.4 is 4.72 Å². The number of hydrogen-bond donors (Lipinski definition) is 1. The van der Waals surface area contributed by atoms with Crippen LogP contribution in [0.25, 0.3) is 0 Å². The Morgan fingerprint density at radius 3 is 2.44 bits per heavy atom. The molecule has 1 atom stereocenters. The van der Waals surface area contributed by atoms with Gasteiger partial charge in [-0.05, 0) is 37.5 Å². The highest BCUT2D eigenvalue weighted by Crippen LogP contribution is 2.06.